The monoisotopic (exact) mass is 366 g/mol. The van der Waals surface area contributed by atoms with Crippen molar-refractivity contribution >= 4 is 28.1 Å². The van der Waals surface area contributed by atoms with Gasteiger partial charge in [-0.05, 0) is 48.3 Å². The molecule has 0 aromatic heterocycles. The average Bonchev–Trinajstić information content (AvgIpc) is 2.66. The summed E-state index contributed by atoms with van der Waals surface area (Å²) in [7, 11) is 2.18. The fourth-order valence-electron chi connectivity index (χ4n) is 3.44. The molecule has 0 bridgehead atoms. The van der Waals surface area contributed by atoms with E-state index in [4.69, 9.17) is 16.3 Å². The lowest BCUT2D eigenvalue weighted by atomic mass is 10.1. The van der Waals surface area contributed by atoms with Gasteiger partial charge in [-0.25, -0.2) is 0 Å². The molecule has 1 heterocycles. The first-order chi connectivity index (χ1) is 12.7. The van der Waals surface area contributed by atoms with Crippen molar-refractivity contribution in [2.45, 2.75) is 6.61 Å². The number of ether oxygens (including phenoxy) is 1. The van der Waals surface area contributed by atoms with Crippen molar-refractivity contribution in [2.24, 2.45) is 0 Å². The second kappa shape index (κ2) is 7.56. The van der Waals surface area contributed by atoms with Crippen LogP contribution in [0.3, 0.4) is 0 Å². The van der Waals surface area contributed by atoms with Crippen molar-refractivity contribution in [1.29, 1.82) is 0 Å². The smallest absolute Gasteiger partial charge is 0.120 e. The molecule has 0 aliphatic carbocycles. The van der Waals surface area contributed by atoms with Crippen molar-refractivity contribution in [3.63, 3.8) is 0 Å². The SMILES string of the molecule is CN1CCN(c2cccc3ccc(OCc4cccc(Cl)c4)cc23)CC1. The van der Waals surface area contributed by atoms with E-state index in [2.05, 4.69) is 47.2 Å². The summed E-state index contributed by atoms with van der Waals surface area (Å²) in [6.07, 6.45) is 0. The van der Waals surface area contributed by atoms with Crippen LogP contribution < -0.4 is 9.64 Å². The molecule has 1 fully saturated rings. The Kier molecular flexibility index (Phi) is 5.00. The number of hydrogen-bond donors (Lipinski definition) is 0. The summed E-state index contributed by atoms with van der Waals surface area (Å²) in [5.41, 5.74) is 2.37. The molecule has 26 heavy (non-hydrogen) atoms. The lowest BCUT2D eigenvalue weighted by Crippen LogP contribution is -2.44. The van der Waals surface area contributed by atoms with E-state index in [0.29, 0.717) is 6.61 Å². The number of nitrogens with zero attached hydrogens (tertiary/aromatic N) is 2. The van der Waals surface area contributed by atoms with Gasteiger partial charge in [0.05, 0.1) is 0 Å². The van der Waals surface area contributed by atoms with Crippen molar-refractivity contribution in [2.75, 3.05) is 38.1 Å². The van der Waals surface area contributed by atoms with Gasteiger partial charge in [-0.15, -0.1) is 0 Å². The highest BCUT2D eigenvalue weighted by atomic mass is 35.5. The van der Waals surface area contributed by atoms with E-state index in [-0.39, 0.29) is 0 Å². The van der Waals surface area contributed by atoms with E-state index >= 15 is 0 Å². The standard InChI is InChI=1S/C22H23ClN2O/c1-24-10-12-25(13-11-24)22-7-3-5-18-8-9-20(15-21(18)22)26-16-17-4-2-6-19(23)14-17/h2-9,14-15H,10-13,16H2,1H3. The minimum absolute atomic E-state index is 0.517. The van der Waals surface area contributed by atoms with Crippen LogP contribution in [0.4, 0.5) is 5.69 Å². The van der Waals surface area contributed by atoms with Crippen LogP contribution in [-0.2, 0) is 6.61 Å². The van der Waals surface area contributed by atoms with Gasteiger partial charge in [0.1, 0.15) is 12.4 Å². The molecule has 3 aromatic rings. The summed E-state index contributed by atoms with van der Waals surface area (Å²) in [5.74, 6) is 0.888. The third kappa shape index (κ3) is 3.79. The van der Waals surface area contributed by atoms with Crippen LogP contribution in [0.2, 0.25) is 5.02 Å². The molecular formula is C22H23ClN2O. The molecule has 0 spiro atoms. The van der Waals surface area contributed by atoms with Crippen LogP contribution in [0.15, 0.2) is 60.7 Å². The predicted molar refractivity (Wildman–Crippen MR) is 109 cm³/mol. The number of piperazine rings is 1. The van der Waals surface area contributed by atoms with Crippen LogP contribution in [0.25, 0.3) is 10.8 Å². The second-order valence-corrected chi connectivity index (χ2v) is 7.31. The number of rotatable bonds is 4. The molecule has 0 atom stereocenters. The first-order valence-electron chi connectivity index (χ1n) is 9.02. The molecule has 4 rings (SSSR count). The van der Waals surface area contributed by atoms with E-state index in [1.54, 1.807) is 0 Å². The molecule has 1 saturated heterocycles. The van der Waals surface area contributed by atoms with Gasteiger partial charge in [0.15, 0.2) is 0 Å². The number of hydrogen-bond acceptors (Lipinski definition) is 3. The van der Waals surface area contributed by atoms with E-state index in [1.165, 1.54) is 16.5 Å². The molecule has 1 aliphatic rings. The summed E-state index contributed by atoms with van der Waals surface area (Å²) >= 11 is 6.06. The molecule has 3 nitrogen and oxygen atoms in total. The molecule has 0 saturated carbocycles. The van der Waals surface area contributed by atoms with Gasteiger partial charge in [0, 0.05) is 42.3 Å². The van der Waals surface area contributed by atoms with Gasteiger partial charge >= 0.3 is 0 Å². The van der Waals surface area contributed by atoms with Crippen LogP contribution in [0, 0.1) is 0 Å². The fraction of sp³-hybridized carbons (Fsp3) is 0.273. The highest BCUT2D eigenvalue weighted by molar-refractivity contribution is 6.30. The highest BCUT2D eigenvalue weighted by Crippen LogP contribution is 2.31. The molecule has 0 unspecified atom stereocenters. The van der Waals surface area contributed by atoms with Crippen molar-refractivity contribution in [1.82, 2.24) is 4.90 Å². The van der Waals surface area contributed by atoms with E-state index in [9.17, 15) is 0 Å². The number of benzene rings is 3. The minimum Gasteiger partial charge on any atom is -0.489 e. The lowest BCUT2D eigenvalue weighted by Gasteiger charge is -2.34. The number of anilines is 1. The van der Waals surface area contributed by atoms with E-state index < -0.39 is 0 Å². The molecule has 0 amide bonds. The summed E-state index contributed by atoms with van der Waals surface area (Å²) in [6.45, 7) is 4.83. The molecule has 0 N–H and O–H groups in total. The van der Waals surface area contributed by atoms with Crippen molar-refractivity contribution in [3.8, 4) is 5.75 Å². The van der Waals surface area contributed by atoms with Gasteiger partial charge in [0.2, 0.25) is 0 Å². The highest BCUT2D eigenvalue weighted by Gasteiger charge is 2.16. The largest absolute Gasteiger partial charge is 0.489 e. The molecule has 1 aliphatic heterocycles. The number of halogens is 1. The number of fused-ring (bicyclic) bond motifs is 1. The normalized spacial score (nSPS) is 15.4. The third-order valence-corrected chi connectivity index (χ3v) is 5.20. The molecular weight excluding hydrogens is 344 g/mol. The van der Waals surface area contributed by atoms with Gasteiger partial charge in [-0.1, -0.05) is 41.9 Å². The zero-order valence-electron chi connectivity index (χ0n) is 15.0. The van der Waals surface area contributed by atoms with Crippen LogP contribution in [0.5, 0.6) is 5.75 Å². The Morgan fingerprint density at radius 3 is 2.54 bits per heavy atom. The fourth-order valence-corrected chi connectivity index (χ4v) is 3.65. The second-order valence-electron chi connectivity index (χ2n) is 6.87. The first kappa shape index (κ1) is 17.2. The molecule has 0 radical (unpaired) electrons. The topological polar surface area (TPSA) is 15.7 Å². The zero-order chi connectivity index (χ0) is 17.9. The molecule has 134 valence electrons. The van der Waals surface area contributed by atoms with Gasteiger partial charge in [-0.2, -0.15) is 0 Å². The summed E-state index contributed by atoms with van der Waals surface area (Å²) in [4.78, 5) is 4.85. The maximum atomic E-state index is 6.06. The van der Waals surface area contributed by atoms with E-state index in [0.717, 1.165) is 42.5 Å². The molecule has 4 heteroatoms. The van der Waals surface area contributed by atoms with Crippen LogP contribution >= 0.6 is 11.6 Å². The quantitative estimate of drug-likeness (QED) is 0.658. The van der Waals surface area contributed by atoms with Gasteiger partial charge in [-0.3, -0.25) is 0 Å². The number of likely N-dealkylation sites (N-methyl/N-ethyl adjacent to an activating group) is 1. The average molecular weight is 367 g/mol. The Labute approximate surface area is 159 Å². The molecule has 3 aromatic carbocycles. The van der Waals surface area contributed by atoms with Crippen molar-refractivity contribution < 1.29 is 4.74 Å². The summed E-state index contributed by atoms with van der Waals surface area (Å²) in [5, 5.41) is 3.24. The Balaban J connectivity index is 1.58. The Hall–Kier alpha value is -2.23. The van der Waals surface area contributed by atoms with Crippen LogP contribution in [0.1, 0.15) is 5.56 Å². The predicted octanol–water partition coefficient (Wildman–Crippen LogP) is 4.82. The maximum absolute atomic E-state index is 6.06. The van der Waals surface area contributed by atoms with Gasteiger partial charge in [0.25, 0.3) is 0 Å². The zero-order valence-corrected chi connectivity index (χ0v) is 15.7. The minimum atomic E-state index is 0.517. The van der Waals surface area contributed by atoms with Gasteiger partial charge < -0.3 is 14.5 Å². The Morgan fingerprint density at radius 1 is 0.923 bits per heavy atom. The van der Waals surface area contributed by atoms with Crippen LogP contribution in [-0.4, -0.2) is 38.1 Å². The lowest BCUT2D eigenvalue weighted by molar-refractivity contribution is 0.306. The Bertz CT molecular complexity index is 904. The third-order valence-electron chi connectivity index (χ3n) is 4.97. The van der Waals surface area contributed by atoms with Crippen molar-refractivity contribution in [3.05, 3.63) is 71.2 Å². The maximum Gasteiger partial charge on any atom is 0.120 e. The van der Waals surface area contributed by atoms with E-state index in [1.807, 2.05) is 30.3 Å². The Morgan fingerprint density at radius 2 is 1.73 bits per heavy atom. The summed E-state index contributed by atoms with van der Waals surface area (Å²) < 4.78 is 6.03. The first-order valence-corrected chi connectivity index (χ1v) is 9.40. The summed E-state index contributed by atoms with van der Waals surface area (Å²) in [6, 6.07) is 20.7.